The van der Waals surface area contributed by atoms with Gasteiger partial charge in [0.1, 0.15) is 11.6 Å². The van der Waals surface area contributed by atoms with Crippen LogP contribution in [0, 0.1) is 35.3 Å². The van der Waals surface area contributed by atoms with Crippen LogP contribution in [-0.4, -0.2) is 5.92 Å². The van der Waals surface area contributed by atoms with Crippen molar-refractivity contribution in [2.24, 2.45) is 23.7 Å². The summed E-state index contributed by atoms with van der Waals surface area (Å²) in [5, 5.41) is 0. The summed E-state index contributed by atoms with van der Waals surface area (Å²) >= 11 is 0. The van der Waals surface area contributed by atoms with Gasteiger partial charge in [-0.1, -0.05) is 50.8 Å². The molecule has 4 rings (SSSR count). The molecule has 0 radical (unpaired) electrons. The van der Waals surface area contributed by atoms with Crippen LogP contribution in [0.15, 0.2) is 36.4 Å². The van der Waals surface area contributed by atoms with Crippen molar-refractivity contribution in [2.75, 3.05) is 0 Å². The van der Waals surface area contributed by atoms with Crippen LogP contribution in [0.1, 0.15) is 82.3 Å². The molecule has 7 heteroatoms. The lowest BCUT2D eigenvalue weighted by atomic mass is 9.67. The van der Waals surface area contributed by atoms with E-state index in [4.69, 9.17) is 0 Å². The zero-order valence-electron chi connectivity index (χ0n) is 21.2. The molecule has 0 nitrogen and oxygen atoms in total. The number of benzene rings is 2. The molecule has 2 saturated carbocycles. The summed E-state index contributed by atoms with van der Waals surface area (Å²) in [5.41, 5.74) is -1.53. The van der Waals surface area contributed by atoms with Crippen molar-refractivity contribution in [2.45, 2.75) is 89.7 Å². The molecule has 0 spiro atoms. The van der Waals surface area contributed by atoms with E-state index < -0.39 is 41.6 Å². The van der Waals surface area contributed by atoms with E-state index in [2.05, 4.69) is 6.92 Å². The third-order valence-corrected chi connectivity index (χ3v) is 8.68. The molecule has 0 aliphatic heterocycles. The molecular formula is C30H35F7. The average Bonchev–Trinajstić information content (AvgIpc) is 2.84. The monoisotopic (exact) mass is 528 g/mol. The topological polar surface area (TPSA) is 0 Å². The summed E-state index contributed by atoms with van der Waals surface area (Å²) in [6.45, 7) is 2.22. The third-order valence-electron chi connectivity index (χ3n) is 8.68. The zero-order chi connectivity index (χ0) is 26.8. The van der Waals surface area contributed by atoms with Crippen molar-refractivity contribution < 1.29 is 30.7 Å². The van der Waals surface area contributed by atoms with Crippen molar-refractivity contribution in [3.05, 3.63) is 59.2 Å². The van der Waals surface area contributed by atoms with E-state index in [0.717, 1.165) is 30.9 Å². The number of alkyl halides is 5. The van der Waals surface area contributed by atoms with Crippen LogP contribution in [0.4, 0.5) is 30.7 Å². The van der Waals surface area contributed by atoms with Crippen LogP contribution in [0.2, 0.25) is 0 Å². The van der Waals surface area contributed by atoms with E-state index in [-0.39, 0.29) is 16.7 Å². The molecule has 2 aliphatic rings. The van der Waals surface area contributed by atoms with Crippen LogP contribution in [-0.2, 0) is 12.6 Å². The standard InChI is InChI=1S/C30H35F7/c1-2-3-19-4-7-21(8-5-19)22-9-12-24(13-10-22)29(33,34)18-20-6-14-25(27(31)16-20)23-11-15-26(28(32)17-23)30(35,36)37/h6,11,14-17,19,21-22,24H,2-5,7-10,12-13,18H2,1H3. The highest BCUT2D eigenvalue weighted by molar-refractivity contribution is 5.65. The van der Waals surface area contributed by atoms with Crippen LogP contribution in [0.25, 0.3) is 11.1 Å². The van der Waals surface area contributed by atoms with Crippen LogP contribution >= 0.6 is 0 Å². The molecule has 2 aromatic carbocycles. The molecule has 0 aromatic heterocycles. The summed E-state index contributed by atoms with van der Waals surface area (Å²) in [4.78, 5) is 0. The van der Waals surface area contributed by atoms with E-state index in [9.17, 15) is 22.0 Å². The molecule has 0 heterocycles. The lowest BCUT2D eigenvalue weighted by molar-refractivity contribution is -0.139. The molecule has 0 atom stereocenters. The zero-order valence-corrected chi connectivity index (χ0v) is 21.2. The number of rotatable bonds is 7. The first kappa shape index (κ1) is 28.0. The summed E-state index contributed by atoms with van der Waals surface area (Å²) < 4.78 is 97.5. The molecule has 0 saturated heterocycles. The van der Waals surface area contributed by atoms with Gasteiger partial charge >= 0.3 is 6.18 Å². The van der Waals surface area contributed by atoms with E-state index in [0.29, 0.717) is 36.8 Å². The molecule has 0 N–H and O–H groups in total. The minimum atomic E-state index is -4.86. The smallest absolute Gasteiger partial charge is 0.206 e. The Hall–Kier alpha value is -2.05. The minimum Gasteiger partial charge on any atom is -0.206 e. The Morgan fingerprint density at radius 3 is 1.89 bits per heavy atom. The Morgan fingerprint density at radius 1 is 0.730 bits per heavy atom. The molecule has 2 fully saturated rings. The second-order valence-electron chi connectivity index (χ2n) is 11.1. The molecule has 0 unspecified atom stereocenters. The normalized spacial score (nSPS) is 25.3. The van der Waals surface area contributed by atoms with Gasteiger partial charge in [0, 0.05) is 17.9 Å². The molecule has 2 aromatic rings. The fourth-order valence-corrected chi connectivity index (χ4v) is 6.60. The maximum atomic E-state index is 15.2. The fourth-order valence-electron chi connectivity index (χ4n) is 6.60. The SMILES string of the molecule is CCCC1CCC(C2CCC(C(F)(F)Cc3ccc(-c4ccc(C(F)(F)F)c(F)c4)c(F)c3)CC2)CC1. The van der Waals surface area contributed by atoms with Crippen molar-refractivity contribution >= 4 is 0 Å². The van der Waals surface area contributed by atoms with Gasteiger partial charge in [0.05, 0.1) is 5.56 Å². The van der Waals surface area contributed by atoms with Crippen molar-refractivity contribution in [3.8, 4) is 11.1 Å². The Morgan fingerprint density at radius 2 is 1.35 bits per heavy atom. The number of hydrogen-bond acceptors (Lipinski definition) is 0. The highest BCUT2D eigenvalue weighted by Gasteiger charge is 2.43. The maximum absolute atomic E-state index is 15.2. The molecule has 37 heavy (non-hydrogen) atoms. The second-order valence-corrected chi connectivity index (χ2v) is 11.1. The predicted molar refractivity (Wildman–Crippen MR) is 131 cm³/mol. The van der Waals surface area contributed by atoms with Crippen molar-refractivity contribution in [1.82, 2.24) is 0 Å². The summed E-state index contributed by atoms with van der Waals surface area (Å²) in [7, 11) is 0. The summed E-state index contributed by atoms with van der Waals surface area (Å²) in [6, 6.07) is 5.72. The van der Waals surface area contributed by atoms with Crippen molar-refractivity contribution in [3.63, 3.8) is 0 Å². The highest BCUT2D eigenvalue weighted by Crippen LogP contribution is 2.46. The first-order valence-electron chi connectivity index (χ1n) is 13.5. The van der Waals surface area contributed by atoms with Gasteiger partial charge in [0.25, 0.3) is 5.92 Å². The van der Waals surface area contributed by atoms with E-state index in [1.54, 1.807) is 0 Å². The van der Waals surface area contributed by atoms with E-state index in [1.807, 2.05) is 0 Å². The quantitative estimate of drug-likeness (QED) is 0.314. The van der Waals surface area contributed by atoms with Crippen LogP contribution in [0.3, 0.4) is 0 Å². The second kappa shape index (κ2) is 11.4. The molecule has 204 valence electrons. The van der Waals surface area contributed by atoms with E-state index >= 15 is 8.78 Å². The average molecular weight is 529 g/mol. The Balaban J connectivity index is 1.35. The highest BCUT2D eigenvalue weighted by atomic mass is 19.4. The minimum absolute atomic E-state index is 0.0802. The largest absolute Gasteiger partial charge is 0.419 e. The van der Waals surface area contributed by atoms with Gasteiger partial charge in [-0.2, -0.15) is 13.2 Å². The predicted octanol–water partition coefficient (Wildman–Crippen LogP) is 10.2. The Bertz CT molecular complexity index is 1040. The Kier molecular flexibility index (Phi) is 8.59. The molecule has 0 bridgehead atoms. The van der Waals surface area contributed by atoms with Gasteiger partial charge in [-0.05, 0) is 85.6 Å². The summed E-state index contributed by atoms with van der Waals surface area (Å²) in [5.74, 6) is -4.09. The van der Waals surface area contributed by atoms with Gasteiger partial charge < -0.3 is 0 Å². The maximum Gasteiger partial charge on any atom is 0.419 e. The first-order valence-corrected chi connectivity index (χ1v) is 13.5. The molecule has 0 amide bonds. The lowest BCUT2D eigenvalue weighted by Crippen LogP contribution is -2.35. The van der Waals surface area contributed by atoms with Gasteiger partial charge in [-0.25, -0.2) is 17.6 Å². The Labute approximate surface area is 214 Å². The summed E-state index contributed by atoms with van der Waals surface area (Å²) in [6.07, 6.45) is 4.57. The lowest BCUT2D eigenvalue weighted by Gasteiger charge is -2.39. The van der Waals surface area contributed by atoms with Gasteiger partial charge in [-0.15, -0.1) is 0 Å². The van der Waals surface area contributed by atoms with Gasteiger partial charge in [0.15, 0.2) is 0 Å². The van der Waals surface area contributed by atoms with E-state index in [1.165, 1.54) is 50.7 Å². The molecule has 2 aliphatic carbocycles. The first-order chi connectivity index (χ1) is 17.5. The number of hydrogen-bond donors (Lipinski definition) is 0. The third kappa shape index (κ3) is 6.69. The fraction of sp³-hybridized carbons (Fsp3) is 0.600. The number of halogens is 7. The van der Waals surface area contributed by atoms with Crippen LogP contribution < -0.4 is 0 Å². The van der Waals surface area contributed by atoms with Crippen LogP contribution in [0.5, 0.6) is 0 Å². The molecular weight excluding hydrogens is 493 g/mol. The van der Waals surface area contributed by atoms with Gasteiger partial charge in [-0.3, -0.25) is 0 Å². The van der Waals surface area contributed by atoms with Gasteiger partial charge in [0.2, 0.25) is 0 Å². The van der Waals surface area contributed by atoms with Crippen molar-refractivity contribution in [1.29, 1.82) is 0 Å².